The molecule has 0 bridgehead atoms. The van der Waals surface area contributed by atoms with Gasteiger partial charge in [-0.2, -0.15) is 0 Å². The van der Waals surface area contributed by atoms with Crippen molar-refractivity contribution in [2.75, 3.05) is 0 Å². The van der Waals surface area contributed by atoms with Crippen LogP contribution in [-0.2, 0) is 4.79 Å². The van der Waals surface area contributed by atoms with Crippen LogP contribution in [0.4, 0.5) is 0 Å². The molecule has 3 unspecified atom stereocenters. The molecule has 82 valence electrons. The number of hydrogen-bond acceptors (Lipinski definition) is 3. The van der Waals surface area contributed by atoms with Crippen LogP contribution in [0.25, 0.3) is 0 Å². The summed E-state index contributed by atoms with van der Waals surface area (Å²) < 4.78 is 0. The van der Waals surface area contributed by atoms with Gasteiger partial charge < -0.3 is 15.9 Å². The Kier molecular flexibility index (Phi) is 4.35. The number of aliphatic hydroxyl groups excluding tert-OH is 1. The van der Waals surface area contributed by atoms with E-state index in [9.17, 15) is 9.90 Å². The standard InChI is InChI=1S/C10H19NO3/c11-9(10(13)14)6-7-2-1-3-8(12)5-4-7/h7-9,12H,1-6,11H2,(H,13,14). The average Bonchev–Trinajstić information content (AvgIpc) is 2.31. The van der Waals surface area contributed by atoms with Gasteiger partial charge in [0.1, 0.15) is 6.04 Å². The molecule has 0 aliphatic heterocycles. The van der Waals surface area contributed by atoms with Gasteiger partial charge in [-0.15, -0.1) is 0 Å². The highest BCUT2D eigenvalue weighted by Crippen LogP contribution is 2.26. The van der Waals surface area contributed by atoms with E-state index in [4.69, 9.17) is 10.8 Å². The smallest absolute Gasteiger partial charge is 0.320 e. The Morgan fingerprint density at radius 2 is 2.07 bits per heavy atom. The minimum absolute atomic E-state index is 0.193. The minimum Gasteiger partial charge on any atom is -0.480 e. The Labute approximate surface area is 84.1 Å². The van der Waals surface area contributed by atoms with Gasteiger partial charge in [0.15, 0.2) is 0 Å². The lowest BCUT2D eigenvalue weighted by molar-refractivity contribution is -0.139. The second kappa shape index (κ2) is 5.32. The van der Waals surface area contributed by atoms with Crippen molar-refractivity contribution in [3.8, 4) is 0 Å². The molecule has 1 aliphatic rings. The fourth-order valence-corrected chi connectivity index (χ4v) is 2.05. The lowest BCUT2D eigenvalue weighted by Crippen LogP contribution is -2.32. The van der Waals surface area contributed by atoms with Crippen molar-refractivity contribution >= 4 is 5.97 Å². The summed E-state index contributed by atoms with van der Waals surface area (Å²) in [4.78, 5) is 10.5. The number of aliphatic carboxylic acids is 1. The molecule has 4 heteroatoms. The molecule has 0 radical (unpaired) electrons. The summed E-state index contributed by atoms with van der Waals surface area (Å²) in [5.74, 6) is -0.548. The Hall–Kier alpha value is -0.610. The molecule has 1 aliphatic carbocycles. The largest absolute Gasteiger partial charge is 0.480 e. The van der Waals surface area contributed by atoms with Crippen molar-refractivity contribution in [3.63, 3.8) is 0 Å². The van der Waals surface area contributed by atoms with Crippen molar-refractivity contribution in [2.45, 2.75) is 50.7 Å². The van der Waals surface area contributed by atoms with Crippen LogP contribution >= 0.6 is 0 Å². The SMILES string of the molecule is NC(CC1CCCC(O)CC1)C(=O)O. The molecule has 0 aromatic heterocycles. The maximum Gasteiger partial charge on any atom is 0.320 e. The normalized spacial score (nSPS) is 30.7. The van der Waals surface area contributed by atoms with Crippen molar-refractivity contribution in [3.05, 3.63) is 0 Å². The monoisotopic (exact) mass is 201 g/mol. The summed E-state index contributed by atoms with van der Waals surface area (Å²) in [5, 5.41) is 18.1. The molecule has 3 atom stereocenters. The average molecular weight is 201 g/mol. The van der Waals surface area contributed by atoms with Gasteiger partial charge in [-0.25, -0.2) is 0 Å². The molecule has 0 aromatic rings. The number of carboxylic acid groups (broad SMARTS) is 1. The van der Waals surface area contributed by atoms with Crippen LogP contribution in [0, 0.1) is 5.92 Å². The molecule has 0 spiro atoms. The Morgan fingerprint density at radius 1 is 1.36 bits per heavy atom. The van der Waals surface area contributed by atoms with Crippen LogP contribution < -0.4 is 5.73 Å². The zero-order valence-corrected chi connectivity index (χ0v) is 8.35. The molecule has 1 fully saturated rings. The molecular formula is C10H19NO3. The van der Waals surface area contributed by atoms with Gasteiger partial charge in [-0.05, 0) is 31.6 Å². The topological polar surface area (TPSA) is 83.5 Å². The van der Waals surface area contributed by atoms with Crippen LogP contribution in [0.1, 0.15) is 38.5 Å². The quantitative estimate of drug-likeness (QED) is 0.588. The zero-order chi connectivity index (χ0) is 10.6. The highest BCUT2D eigenvalue weighted by Gasteiger charge is 2.22. The van der Waals surface area contributed by atoms with Crippen LogP contribution in [0.15, 0.2) is 0 Å². The van der Waals surface area contributed by atoms with Crippen LogP contribution in [0.2, 0.25) is 0 Å². The molecule has 1 saturated carbocycles. The van der Waals surface area contributed by atoms with Crippen LogP contribution in [-0.4, -0.2) is 28.3 Å². The molecule has 0 heterocycles. The van der Waals surface area contributed by atoms with E-state index in [1.165, 1.54) is 0 Å². The predicted molar refractivity (Wildman–Crippen MR) is 52.8 cm³/mol. The first-order valence-corrected chi connectivity index (χ1v) is 5.26. The second-order valence-electron chi connectivity index (χ2n) is 4.21. The number of carbonyl (C=O) groups is 1. The molecule has 14 heavy (non-hydrogen) atoms. The summed E-state index contributed by atoms with van der Waals surface area (Å²) in [6, 6.07) is -0.741. The third-order valence-corrected chi connectivity index (χ3v) is 2.96. The molecule has 1 rings (SSSR count). The van der Waals surface area contributed by atoms with E-state index in [0.29, 0.717) is 12.3 Å². The summed E-state index contributed by atoms with van der Waals surface area (Å²) in [6.45, 7) is 0. The summed E-state index contributed by atoms with van der Waals surface area (Å²) in [6.07, 6.45) is 4.87. The van der Waals surface area contributed by atoms with E-state index >= 15 is 0 Å². The van der Waals surface area contributed by atoms with Crippen molar-refractivity contribution < 1.29 is 15.0 Å². The van der Waals surface area contributed by atoms with Gasteiger partial charge in [-0.3, -0.25) is 4.79 Å². The number of nitrogens with two attached hydrogens (primary N) is 1. The van der Waals surface area contributed by atoms with E-state index < -0.39 is 12.0 Å². The van der Waals surface area contributed by atoms with E-state index in [0.717, 1.165) is 32.1 Å². The van der Waals surface area contributed by atoms with Crippen LogP contribution in [0.5, 0.6) is 0 Å². The Bertz CT molecular complexity index is 196. The molecule has 4 N–H and O–H groups in total. The highest BCUT2D eigenvalue weighted by atomic mass is 16.4. The Morgan fingerprint density at radius 3 is 2.71 bits per heavy atom. The molecule has 4 nitrogen and oxygen atoms in total. The zero-order valence-electron chi connectivity index (χ0n) is 8.35. The fourth-order valence-electron chi connectivity index (χ4n) is 2.05. The fraction of sp³-hybridized carbons (Fsp3) is 0.900. The lowest BCUT2D eigenvalue weighted by Gasteiger charge is -2.16. The first kappa shape index (κ1) is 11.5. The molecular weight excluding hydrogens is 182 g/mol. The van der Waals surface area contributed by atoms with Gasteiger partial charge in [0.05, 0.1) is 6.10 Å². The molecule has 0 amide bonds. The summed E-state index contributed by atoms with van der Waals surface area (Å²) in [7, 11) is 0. The van der Waals surface area contributed by atoms with Gasteiger partial charge in [0.25, 0.3) is 0 Å². The summed E-state index contributed by atoms with van der Waals surface area (Å²) >= 11 is 0. The number of aliphatic hydroxyl groups is 1. The number of rotatable bonds is 3. The van der Waals surface area contributed by atoms with Crippen molar-refractivity contribution in [1.82, 2.24) is 0 Å². The van der Waals surface area contributed by atoms with E-state index in [2.05, 4.69) is 0 Å². The third kappa shape index (κ3) is 3.64. The number of carboxylic acids is 1. The first-order chi connectivity index (χ1) is 6.59. The van der Waals surface area contributed by atoms with Crippen molar-refractivity contribution in [1.29, 1.82) is 0 Å². The third-order valence-electron chi connectivity index (χ3n) is 2.96. The second-order valence-corrected chi connectivity index (χ2v) is 4.21. The number of hydrogen-bond donors (Lipinski definition) is 3. The summed E-state index contributed by atoms with van der Waals surface area (Å²) in [5.41, 5.74) is 5.47. The van der Waals surface area contributed by atoms with Crippen molar-refractivity contribution in [2.24, 2.45) is 11.7 Å². The van der Waals surface area contributed by atoms with E-state index in [1.54, 1.807) is 0 Å². The predicted octanol–water partition coefficient (Wildman–Crippen LogP) is 0.730. The first-order valence-electron chi connectivity index (χ1n) is 5.26. The van der Waals surface area contributed by atoms with E-state index in [1.807, 2.05) is 0 Å². The van der Waals surface area contributed by atoms with Gasteiger partial charge in [0.2, 0.25) is 0 Å². The minimum atomic E-state index is -0.921. The maximum absolute atomic E-state index is 10.5. The Balaban J connectivity index is 2.33. The van der Waals surface area contributed by atoms with Crippen LogP contribution in [0.3, 0.4) is 0 Å². The van der Waals surface area contributed by atoms with Gasteiger partial charge in [-0.1, -0.05) is 12.8 Å². The molecule has 0 aromatic carbocycles. The lowest BCUT2D eigenvalue weighted by atomic mass is 9.93. The molecule has 0 saturated heterocycles. The van der Waals surface area contributed by atoms with E-state index in [-0.39, 0.29) is 6.10 Å². The highest BCUT2D eigenvalue weighted by molar-refractivity contribution is 5.73. The van der Waals surface area contributed by atoms with Gasteiger partial charge >= 0.3 is 5.97 Å². The van der Waals surface area contributed by atoms with Gasteiger partial charge in [0, 0.05) is 0 Å². The maximum atomic E-state index is 10.5.